The van der Waals surface area contributed by atoms with Crippen LogP contribution in [0.15, 0.2) is 34.2 Å². The molecule has 0 saturated heterocycles. The maximum atomic E-state index is 11.3. The van der Waals surface area contributed by atoms with Gasteiger partial charge in [-0.15, -0.1) is 24.0 Å². The highest BCUT2D eigenvalue weighted by molar-refractivity contribution is 14.0. The van der Waals surface area contributed by atoms with E-state index in [0.717, 1.165) is 22.9 Å². The number of halogens is 1. The molecular weight excluding hydrogens is 397 g/mol. The maximum absolute atomic E-state index is 11.3. The monoisotopic (exact) mass is 421 g/mol. The quantitative estimate of drug-likeness (QED) is 0.437. The minimum Gasteiger partial charge on any atom is -0.370 e. The molecule has 2 atom stereocenters. The SMILES string of the molecule is CC(NC(N)=NCC1CCC1)c1ccc(S(C)=O)cc1.I. The largest absolute Gasteiger partial charge is 0.370 e. The number of nitrogens with one attached hydrogen (secondary N) is 1. The Morgan fingerprint density at radius 2 is 2.05 bits per heavy atom. The molecule has 1 aliphatic carbocycles. The molecule has 1 saturated carbocycles. The lowest BCUT2D eigenvalue weighted by Gasteiger charge is -2.23. The van der Waals surface area contributed by atoms with Crippen molar-refractivity contribution in [3.8, 4) is 0 Å². The van der Waals surface area contributed by atoms with E-state index in [1.807, 2.05) is 31.2 Å². The van der Waals surface area contributed by atoms with Gasteiger partial charge in [-0.3, -0.25) is 9.20 Å². The van der Waals surface area contributed by atoms with Gasteiger partial charge in [0, 0.05) is 28.5 Å². The van der Waals surface area contributed by atoms with E-state index < -0.39 is 10.8 Å². The predicted octanol–water partition coefficient (Wildman–Crippen LogP) is 2.81. The lowest BCUT2D eigenvalue weighted by molar-refractivity contribution is 0.326. The summed E-state index contributed by atoms with van der Waals surface area (Å²) in [6, 6.07) is 7.84. The van der Waals surface area contributed by atoms with E-state index in [9.17, 15) is 4.21 Å². The number of rotatable bonds is 5. The Kier molecular flexibility index (Phi) is 7.65. The van der Waals surface area contributed by atoms with Crippen molar-refractivity contribution >= 4 is 40.7 Å². The molecule has 1 aromatic carbocycles. The molecule has 0 bridgehead atoms. The zero-order chi connectivity index (χ0) is 14.5. The van der Waals surface area contributed by atoms with Crippen LogP contribution in [-0.2, 0) is 10.8 Å². The highest BCUT2D eigenvalue weighted by Crippen LogP contribution is 2.26. The molecule has 0 heterocycles. The van der Waals surface area contributed by atoms with E-state index in [0.29, 0.717) is 5.96 Å². The second-order valence-corrected chi connectivity index (χ2v) is 6.79. The highest BCUT2D eigenvalue weighted by Gasteiger charge is 2.16. The van der Waals surface area contributed by atoms with Crippen LogP contribution >= 0.6 is 24.0 Å². The molecule has 2 unspecified atom stereocenters. The molecule has 3 N–H and O–H groups in total. The van der Waals surface area contributed by atoms with Gasteiger partial charge in [-0.1, -0.05) is 18.6 Å². The van der Waals surface area contributed by atoms with Crippen molar-refractivity contribution in [2.45, 2.75) is 37.1 Å². The summed E-state index contributed by atoms with van der Waals surface area (Å²) in [5, 5.41) is 3.20. The van der Waals surface area contributed by atoms with Crippen LogP contribution in [0.4, 0.5) is 0 Å². The smallest absolute Gasteiger partial charge is 0.189 e. The van der Waals surface area contributed by atoms with Crippen LogP contribution < -0.4 is 11.1 Å². The minimum absolute atomic E-state index is 0. The Morgan fingerprint density at radius 3 is 2.52 bits per heavy atom. The first-order valence-corrected chi connectivity index (χ1v) is 8.62. The third kappa shape index (κ3) is 5.58. The van der Waals surface area contributed by atoms with Gasteiger partial charge in [-0.25, -0.2) is 0 Å². The van der Waals surface area contributed by atoms with E-state index >= 15 is 0 Å². The first kappa shape index (κ1) is 18.4. The van der Waals surface area contributed by atoms with Crippen LogP contribution in [0.25, 0.3) is 0 Å². The average Bonchev–Trinajstić information content (AvgIpc) is 2.37. The van der Waals surface area contributed by atoms with E-state index in [1.165, 1.54) is 19.3 Å². The molecular formula is C15H24IN3OS. The average molecular weight is 421 g/mol. The number of nitrogens with zero attached hydrogens (tertiary/aromatic N) is 1. The van der Waals surface area contributed by atoms with Crippen LogP contribution in [0.1, 0.15) is 37.8 Å². The Labute approximate surface area is 146 Å². The Morgan fingerprint density at radius 1 is 1.43 bits per heavy atom. The molecule has 0 amide bonds. The first-order chi connectivity index (χ1) is 9.56. The van der Waals surface area contributed by atoms with Crippen LogP contribution in [-0.4, -0.2) is 23.0 Å². The second kappa shape index (κ2) is 8.73. The van der Waals surface area contributed by atoms with Crippen molar-refractivity contribution in [1.82, 2.24) is 5.32 Å². The van der Waals surface area contributed by atoms with Gasteiger partial charge in [0.05, 0.1) is 6.04 Å². The summed E-state index contributed by atoms with van der Waals surface area (Å²) >= 11 is 0. The molecule has 2 rings (SSSR count). The van der Waals surface area contributed by atoms with Gasteiger partial charge in [-0.2, -0.15) is 0 Å². The van der Waals surface area contributed by atoms with E-state index in [-0.39, 0.29) is 30.0 Å². The topological polar surface area (TPSA) is 67.5 Å². The Balaban J connectivity index is 0.00000220. The third-order valence-corrected chi connectivity index (χ3v) is 4.76. The highest BCUT2D eigenvalue weighted by atomic mass is 127. The van der Waals surface area contributed by atoms with Crippen LogP contribution in [0.2, 0.25) is 0 Å². The van der Waals surface area contributed by atoms with Crippen LogP contribution in [0.3, 0.4) is 0 Å². The normalized spacial score (nSPS) is 18.3. The number of hydrogen-bond donors (Lipinski definition) is 2. The summed E-state index contributed by atoms with van der Waals surface area (Å²) in [5.74, 6) is 1.23. The van der Waals surface area contributed by atoms with Crippen molar-refractivity contribution in [1.29, 1.82) is 0 Å². The maximum Gasteiger partial charge on any atom is 0.189 e. The first-order valence-electron chi connectivity index (χ1n) is 7.06. The van der Waals surface area contributed by atoms with Gasteiger partial charge in [-0.05, 0) is 43.4 Å². The summed E-state index contributed by atoms with van der Waals surface area (Å²) in [4.78, 5) is 5.23. The number of nitrogens with two attached hydrogens (primary N) is 1. The Bertz CT molecular complexity index is 500. The van der Waals surface area contributed by atoms with Crippen molar-refractivity contribution in [3.05, 3.63) is 29.8 Å². The van der Waals surface area contributed by atoms with Crippen LogP contribution in [0.5, 0.6) is 0 Å². The van der Waals surface area contributed by atoms with E-state index in [4.69, 9.17) is 5.73 Å². The van der Waals surface area contributed by atoms with Crippen molar-refractivity contribution < 1.29 is 4.21 Å². The predicted molar refractivity (Wildman–Crippen MR) is 99.6 cm³/mol. The molecule has 6 heteroatoms. The standard InChI is InChI=1S/C15H23N3OS.HI/c1-11(13-6-8-14(9-7-13)20(2)19)18-15(16)17-10-12-4-3-5-12;/h6-9,11-12H,3-5,10H2,1-2H3,(H3,16,17,18);1H. The number of guanidine groups is 1. The van der Waals surface area contributed by atoms with Crippen molar-refractivity contribution in [3.63, 3.8) is 0 Å². The summed E-state index contributed by atoms with van der Waals surface area (Å²) in [6.07, 6.45) is 5.57. The van der Waals surface area contributed by atoms with E-state index in [1.54, 1.807) is 6.26 Å². The van der Waals surface area contributed by atoms with Gasteiger partial charge in [0.25, 0.3) is 0 Å². The Hall–Kier alpha value is -0.630. The van der Waals surface area contributed by atoms with Crippen molar-refractivity contribution in [2.24, 2.45) is 16.6 Å². The van der Waals surface area contributed by atoms with E-state index in [2.05, 4.69) is 10.3 Å². The number of benzene rings is 1. The molecule has 0 aromatic heterocycles. The van der Waals surface area contributed by atoms with Crippen LogP contribution in [0, 0.1) is 5.92 Å². The van der Waals surface area contributed by atoms with Gasteiger partial charge in [0.2, 0.25) is 0 Å². The summed E-state index contributed by atoms with van der Waals surface area (Å²) < 4.78 is 11.3. The number of aliphatic imine (C=N–C) groups is 1. The molecule has 118 valence electrons. The summed E-state index contributed by atoms with van der Waals surface area (Å²) in [6.45, 7) is 2.88. The lowest BCUT2D eigenvalue weighted by atomic mass is 9.86. The second-order valence-electron chi connectivity index (χ2n) is 5.41. The third-order valence-electron chi connectivity index (χ3n) is 3.82. The zero-order valence-electron chi connectivity index (χ0n) is 12.5. The fourth-order valence-corrected chi connectivity index (χ4v) is 2.72. The van der Waals surface area contributed by atoms with Gasteiger partial charge in [0.1, 0.15) is 0 Å². The lowest BCUT2D eigenvalue weighted by Crippen LogP contribution is -2.34. The zero-order valence-corrected chi connectivity index (χ0v) is 15.7. The molecule has 1 aromatic rings. The van der Waals surface area contributed by atoms with Gasteiger partial charge >= 0.3 is 0 Å². The molecule has 1 fully saturated rings. The fraction of sp³-hybridized carbons (Fsp3) is 0.533. The fourth-order valence-electron chi connectivity index (χ4n) is 2.20. The summed E-state index contributed by atoms with van der Waals surface area (Å²) in [7, 11) is -0.933. The minimum atomic E-state index is -0.933. The molecule has 0 aliphatic heterocycles. The molecule has 4 nitrogen and oxygen atoms in total. The number of hydrogen-bond acceptors (Lipinski definition) is 2. The molecule has 21 heavy (non-hydrogen) atoms. The van der Waals surface area contributed by atoms with Gasteiger partial charge in [0.15, 0.2) is 5.96 Å². The summed E-state index contributed by atoms with van der Waals surface area (Å²) in [5.41, 5.74) is 7.02. The molecule has 0 spiro atoms. The molecule has 0 radical (unpaired) electrons. The van der Waals surface area contributed by atoms with Crippen molar-refractivity contribution in [2.75, 3.05) is 12.8 Å². The van der Waals surface area contributed by atoms with Gasteiger partial charge < -0.3 is 11.1 Å². The molecule has 1 aliphatic rings.